The first-order valence-electron chi connectivity index (χ1n) is 7.89. The molecule has 0 bridgehead atoms. The molecule has 1 aliphatic heterocycles. The van der Waals surface area contributed by atoms with E-state index >= 15 is 0 Å². The molecule has 3 rings (SSSR count). The second kappa shape index (κ2) is 7.75. The monoisotopic (exact) mass is 399 g/mol. The fourth-order valence-electron chi connectivity index (χ4n) is 3.16. The van der Waals surface area contributed by atoms with Crippen LogP contribution in [0.5, 0.6) is 0 Å². The predicted molar refractivity (Wildman–Crippen MR) is 101 cm³/mol. The Morgan fingerprint density at radius 1 is 1.38 bits per heavy atom. The standard InChI is InChI=1S/C16H21N5O3S.ClH/c1-10-3-4-12(5-15(10)25(17,23)24)20-16(22)14-8-18-7-13(14)11-6-19-21(2)9-11;/h3-6,9,13-14,18H,7-8H2,1-2H3,(H,20,22)(H2,17,23,24);1H/t13-,14+;/m1./s1. The van der Waals surface area contributed by atoms with E-state index in [-0.39, 0.29) is 35.0 Å². The molecule has 1 aromatic carbocycles. The topological polar surface area (TPSA) is 119 Å². The van der Waals surface area contributed by atoms with Gasteiger partial charge in [0.05, 0.1) is 17.0 Å². The van der Waals surface area contributed by atoms with Crippen molar-refractivity contribution >= 4 is 34.0 Å². The van der Waals surface area contributed by atoms with Gasteiger partial charge in [0.2, 0.25) is 15.9 Å². The van der Waals surface area contributed by atoms with Crippen LogP contribution in [-0.4, -0.2) is 37.2 Å². The van der Waals surface area contributed by atoms with Crippen LogP contribution in [0.4, 0.5) is 5.69 Å². The van der Waals surface area contributed by atoms with Crippen molar-refractivity contribution in [2.24, 2.45) is 18.1 Å². The highest BCUT2D eigenvalue weighted by Gasteiger charge is 2.34. The fourth-order valence-corrected chi connectivity index (χ4v) is 3.96. The maximum atomic E-state index is 12.7. The second-order valence-corrected chi connectivity index (χ2v) is 7.86. The number of anilines is 1. The fraction of sp³-hybridized carbons (Fsp3) is 0.375. The van der Waals surface area contributed by atoms with Crippen molar-refractivity contribution < 1.29 is 13.2 Å². The molecule has 4 N–H and O–H groups in total. The summed E-state index contributed by atoms with van der Waals surface area (Å²) in [6.07, 6.45) is 3.67. The summed E-state index contributed by atoms with van der Waals surface area (Å²) >= 11 is 0. The average Bonchev–Trinajstić information content (AvgIpc) is 3.16. The minimum Gasteiger partial charge on any atom is -0.326 e. The van der Waals surface area contributed by atoms with E-state index in [0.29, 0.717) is 24.3 Å². The van der Waals surface area contributed by atoms with Crippen LogP contribution in [0, 0.1) is 12.8 Å². The summed E-state index contributed by atoms with van der Waals surface area (Å²) in [5, 5.41) is 15.4. The SMILES string of the molecule is Cc1ccc(NC(=O)[C@H]2CNC[C@@H]2c2cnn(C)c2)cc1S(N)(=O)=O.Cl. The minimum absolute atomic E-state index is 0. The smallest absolute Gasteiger partial charge is 0.238 e. The number of primary sulfonamides is 1. The van der Waals surface area contributed by atoms with Crippen LogP contribution in [0.15, 0.2) is 35.5 Å². The highest BCUT2D eigenvalue weighted by molar-refractivity contribution is 7.89. The number of halogens is 1. The number of nitrogens with zero attached hydrogens (tertiary/aromatic N) is 2. The molecule has 10 heteroatoms. The summed E-state index contributed by atoms with van der Waals surface area (Å²) in [5.74, 6) is -0.400. The van der Waals surface area contributed by atoms with Gasteiger partial charge in [-0.15, -0.1) is 12.4 Å². The van der Waals surface area contributed by atoms with E-state index in [9.17, 15) is 13.2 Å². The Morgan fingerprint density at radius 3 is 2.73 bits per heavy atom. The molecule has 1 aromatic heterocycles. The van der Waals surface area contributed by atoms with Crippen molar-refractivity contribution in [3.63, 3.8) is 0 Å². The number of sulfonamides is 1. The number of aromatic nitrogens is 2. The zero-order valence-electron chi connectivity index (χ0n) is 14.5. The average molecular weight is 400 g/mol. The molecule has 1 aliphatic rings. The number of amides is 1. The zero-order chi connectivity index (χ0) is 18.2. The number of rotatable bonds is 4. The molecule has 0 aliphatic carbocycles. The van der Waals surface area contributed by atoms with Gasteiger partial charge in [0.1, 0.15) is 0 Å². The van der Waals surface area contributed by atoms with Crippen LogP contribution in [0.1, 0.15) is 17.0 Å². The van der Waals surface area contributed by atoms with Crippen LogP contribution in [-0.2, 0) is 21.9 Å². The molecule has 8 nitrogen and oxygen atoms in total. The molecule has 0 radical (unpaired) electrons. The van der Waals surface area contributed by atoms with E-state index in [1.807, 2.05) is 13.2 Å². The van der Waals surface area contributed by atoms with Gasteiger partial charge in [-0.3, -0.25) is 9.48 Å². The van der Waals surface area contributed by atoms with Crippen molar-refractivity contribution in [2.75, 3.05) is 18.4 Å². The molecule has 0 saturated carbocycles. The molecular formula is C16H22ClN5O3S. The third-order valence-electron chi connectivity index (χ3n) is 4.47. The molecule has 1 amide bonds. The van der Waals surface area contributed by atoms with Gasteiger partial charge in [0.15, 0.2) is 0 Å². The van der Waals surface area contributed by atoms with Crippen LogP contribution < -0.4 is 15.8 Å². The molecule has 2 heterocycles. The van der Waals surface area contributed by atoms with E-state index in [1.54, 1.807) is 29.9 Å². The van der Waals surface area contributed by atoms with Gasteiger partial charge in [-0.2, -0.15) is 5.10 Å². The molecule has 2 aromatic rings. The van der Waals surface area contributed by atoms with Gasteiger partial charge in [-0.25, -0.2) is 13.6 Å². The quantitative estimate of drug-likeness (QED) is 0.700. The summed E-state index contributed by atoms with van der Waals surface area (Å²) in [6, 6.07) is 4.69. The Hall–Kier alpha value is -1.94. The number of nitrogens with one attached hydrogen (secondary N) is 2. The lowest BCUT2D eigenvalue weighted by atomic mass is 9.90. The number of hydrogen-bond acceptors (Lipinski definition) is 5. The highest BCUT2D eigenvalue weighted by Crippen LogP contribution is 2.29. The normalized spacial score (nSPS) is 19.8. The van der Waals surface area contributed by atoms with Gasteiger partial charge in [0, 0.05) is 37.9 Å². The summed E-state index contributed by atoms with van der Waals surface area (Å²) < 4.78 is 25.0. The van der Waals surface area contributed by atoms with Gasteiger partial charge in [-0.05, 0) is 30.2 Å². The van der Waals surface area contributed by atoms with Gasteiger partial charge < -0.3 is 10.6 Å². The minimum atomic E-state index is -3.84. The Bertz CT molecular complexity index is 912. The van der Waals surface area contributed by atoms with Crippen molar-refractivity contribution in [1.29, 1.82) is 0 Å². The summed E-state index contributed by atoms with van der Waals surface area (Å²) in [7, 11) is -2.00. The van der Waals surface area contributed by atoms with E-state index in [1.165, 1.54) is 6.07 Å². The van der Waals surface area contributed by atoms with E-state index < -0.39 is 10.0 Å². The molecule has 2 atom stereocenters. The van der Waals surface area contributed by atoms with Crippen molar-refractivity contribution in [3.05, 3.63) is 41.7 Å². The van der Waals surface area contributed by atoms with Crippen molar-refractivity contribution in [2.45, 2.75) is 17.7 Å². The first-order valence-corrected chi connectivity index (χ1v) is 9.44. The number of benzene rings is 1. The van der Waals surface area contributed by atoms with Gasteiger partial charge in [0.25, 0.3) is 0 Å². The Morgan fingerprint density at radius 2 is 2.12 bits per heavy atom. The largest absolute Gasteiger partial charge is 0.326 e. The van der Waals surface area contributed by atoms with E-state index in [0.717, 1.165) is 5.56 Å². The molecular weight excluding hydrogens is 378 g/mol. The van der Waals surface area contributed by atoms with E-state index in [2.05, 4.69) is 15.7 Å². The molecule has 26 heavy (non-hydrogen) atoms. The van der Waals surface area contributed by atoms with Crippen LogP contribution in [0.25, 0.3) is 0 Å². The summed E-state index contributed by atoms with van der Waals surface area (Å²) in [6.45, 7) is 2.91. The summed E-state index contributed by atoms with van der Waals surface area (Å²) in [5.41, 5.74) is 1.95. The lowest BCUT2D eigenvalue weighted by molar-refractivity contribution is -0.119. The zero-order valence-corrected chi connectivity index (χ0v) is 16.1. The van der Waals surface area contributed by atoms with Crippen LogP contribution in [0.2, 0.25) is 0 Å². The van der Waals surface area contributed by atoms with Crippen LogP contribution in [0.3, 0.4) is 0 Å². The van der Waals surface area contributed by atoms with Gasteiger partial charge in [-0.1, -0.05) is 6.07 Å². The highest BCUT2D eigenvalue weighted by atomic mass is 35.5. The molecule has 142 valence electrons. The third-order valence-corrected chi connectivity index (χ3v) is 5.52. The first-order chi connectivity index (χ1) is 11.8. The number of nitrogens with two attached hydrogens (primary N) is 1. The van der Waals surface area contributed by atoms with Crippen molar-refractivity contribution in [3.8, 4) is 0 Å². The van der Waals surface area contributed by atoms with Gasteiger partial charge >= 0.3 is 0 Å². The predicted octanol–water partition coefficient (Wildman–Crippen LogP) is 0.739. The molecule has 0 spiro atoms. The van der Waals surface area contributed by atoms with E-state index in [4.69, 9.17) is 5.14 Å². The Labute approximate surface area is 158 Å². The second-order valence-electron chi connectivity index (χ2n) is 6.33. The molecule has 0 unspecified atom stereocenters. The number of aryl methyl sites for hydroxylation is 2. The Balaban J connectivity index is 0.00000243. The maximum Gasteiger partial charge on any atom is 0.238 e. The lowest BCUT2D eigenvalue weighted by Crippen LogP contribution is -2.28. The Kier molecular flexibility index (Phi) is 6.07. The van der Waals surface area contributed by atoms with Crippen LogP contribution >= 0.6 is 12.4 Å². The number of hydrogen-bond donors (Lipinski definition) is 3. The molecule has 1 fully saturated rings. The summed E-state index contributed by atoms with van der Waals surface area (Å²) in [4.78, 5) is 12.7. The first kappa shape index (κ1) is 20.4. The third kappa shape index (κ3) is 4.24. The maximum absolute atomic E-state index is 12.7. The van der Waals surface area contributed by atoms with Crippen molar-refractivity contribution in [1.82, 2.24) is 15.1 Å². The number of carbonyl (C=O) groups is 1. The molecule has 1 saturated heterocycles. The number of carbonyl (C=O) groups excluding carboxylic acids is 1. The lowest BCUT2D eigenvalue weighted by Gasteiger charge is -2.17.